The van der Waals surface area contributed by atoms with Crippen LogP contribution in [0.3, 0.4) is 0 Å². The molecule has 0 heterocycles. The molecule has 0 unspecified atom stereocenters. The van der Waals surface area contributed by atoms with Crippen molar-refractivity contribution in [1.29, 1.82) is 0 Å². The van der Waals surface area contributed by atoms with Crippen LogP contribution in [-0.2, 0) is 0 Å². The third-order valence-corrected chi connectivity index (χ3v) is 2.54. The predicted molar refractivity (Wildman–Crippen MR) is 73.1 cm³/mol. The zero-order chi connectivity index (χ0) is 11.8. The predicted octanol–water partition coefficient (Wildman–Crippen LogP) is 2.16. The van der Waals surface area contributed by atoms with Gasteiger partial charge in [-0.25, -0.2) is 0 Å². The smallest absolute Gasteiger partial charge is 0.119 e. The van der Waals surface area contributed by atoms with Crippen LogP contribution in [-0.4, -0.2) is 30.9 Å². The summed E-state index contributed by atoms with van der Waals surface area (Å²) < 4.78 is 5.56. The highest BCUT2D eigenvalue weighted by molar-refractivity contribution is 5.85. The van der Waals surface area contributed by atoms with Gasteiger partial charge >= 0.3 is 0 Å². The number of halogens is 1. The molecule has 0 saturated carbocycles. The molecule has 0 bridgehead atoms. The Labute approximate surface area is 110 Å². The van der Waals surface area contributed by atoms with Gasteiger partial charge in [-0.2, -0.15) is 0 Å². The minimum Gasteiger partial charge on any atom is -0.492 e. The molecule has 0 aliphatic carbocycles. The molecule has 2 N–H and O–H groups in total. The van der Waals surface area contributed by atoms with E-state index in [1.54, 1.807) is 0 Å². The van der Waals surface area contributed by atoms with Crippen molar-refractivity contribution >= 4 is 12.4 Å². The Balaban J connectivity index is 0.00000256. The largest absolute Gasteiger partial charge is 0.492 e. The Morgan fingerprint density at radius 1 is 1.29 bits per heavy atom. The topological polar surface area (TPSA) is 41.5 Å². The molecule has 0 spiro atoms. The van der Waals surface area contributed by atoms with Crippen LogP contribution >= 0.6 is 12.4 Å². The zero-order valence-electron chi connectivity index (χ0n) is 10.5. The Bertz CT molecular complexity index is 286. The summed E-state index contributed by atoms with van der Waals surface area (Å²) in [6.45, 7) is 5.67. The summed E-state index contributed by atoms with van der Waals surface area (Å²) in [5.74, 6) is 0.893. The first-order valence-electron chi connectivity index (χ1n) is 5.80. The van der Waals surface area contributed by atoms with Crippen molar-refractivity contribution in [1.82, 2.24) is 5.32 Å². The van der Waals surface area contributed by atoms with E-state index in [-0.39, 0.29) is 25.1 Å². The van der Waals surface area contributed by atoms with Crippen LogP contribution in [0.15, 0.2) is 24.3 Å². The van der Waals surface area contributed by atoms with Gasteiger partial charge in [-0.1, -0.05) is 24.6 Å². The fourth-order valence-corrected chi connectivity index (χ4v) is 1.40. The van der Waals surface area contributed by atoms with Crippen LogP contribution in [0.2, 0.25) is 0 Å². The van der Waals surface area contributed by atoms with Gasteiger partial charge in [0.05, 0.1) is 6.61 Å². The molecule has 1 atom stereocenters. The number of nitrogens with one attached hydrogen (secondary N) is 1. The van der Waals surface area contributed by atoms with Crippen LogP contribution in [0, 0.1) is 6.92 Å². The maximum Gasteiger partial charge on any atom is 0.119 e. The highest BCUT2D eigenvalue weighted by Crippen LogP contribution is 2.10. The van der Waals surface area contributed by atoms with Crippen molar-refractivity contribution in [2.45, 2.75) is 26.3 Å². The van der Waals surface area contributed by atoms with E-state index in [1.165, 1.54) is 5.56 Å². The normalized spacial score (nSPS) is 11.7. The second-order valence-electron chi connectivity index (χ2n) is 3.90. The van der Waals surface area contributed by atoms with E-state index >= 15 is 0 Å². The van der Waals surface area contributed by atoms with E-state index in [2.05, 4.69) is 19.2 Å². The van der Waals surface area contributed by atoms with Crippen molar-refractivity contribution in [3.8, 4) is 5.75 Å². The molecule has 0 saturated heterocycles. The standard InChI is InChI=1S/C13H21NO2.ClH/c1-3-12(10-15)14-8-9-16-13-6-4-11(2)5-7-13;/h4-7,12,14-15H,3,8-10H2,1-2H3;1H/t12-;/m1./s1. The molecule has 4 heteroatoms. The molecule has 1 aromatic carbocycles. The van der Waals surface area contributed by atoms with Gasteiger partial charge in [-0.05, 0) is 25.5 Å². The van der Waals surface area contributed by atoms with Gasteiger partial charge in [-0.15, -0.1) is 12.4 Å². The van der Waals surface area contributed by atoms with Crippen LogP contribution in [0.5, 0.6) is 5.75 Å². The lowest BCUT2D eigenvalue weighted by molar-refractivity contribution is 0.227. The first-order chi connectivity index (χ1) is 7.76. The van der Waals surface area contributed by atoms with Gasteiger partial charge in [0.15, 0.2) is 0 Å². The first-order valence-corrected chi connectivity index (χ1v) is 5.80. The van der Waals surface area contributed by atoms with E-state index < -0.39 is 0 Å². The van der Waals surface area contributed by atoms with E-state index in [0.29, 0.717) is 6.61 Å². The van der Waals surface area contributed by atoms with E-state index in [1.807, 2.05) is 24.3 Å². The summed E-state index contributed by atoms with van der Waals surface area (Å²) in [6.07, 6.45) is 0.932. The Morgan fingerprint density at radius 3 is 2.47 bits per heavy atom. The molecule has 3 nitrogen and oxygen atoms in total. The molecule has 0 amide bonds. The minimum absolute atomic E-state index is 0. The van der Waals surface area contributed by atoms with Gasteiger partial charge < -0.3 is 15.2 Å². The number of ether oxygens (including phenoxy) is 1. The van der Waals surface area contributed by atoms with E-state index in [0.717, 1.165) is 18.7 Å². The molecule has 0 aliphatic rings. The summed E-state index contributed by atoms with van der Waals surface area (Å²) in [5, 5.41) is 12.2. The van der Waals surface area contributed by atoms with Crippen LogP contribution in [0.4, 0.5) is 0 Å². The maximum atomic E-state index is 8.97. The SMILES string of the molecule is CC[C@H](CO)NCCOc1ccc(C)cc1.Cl. The molecule has 0 aromatic heterocycles. The zero-order valence-corrected chi connectivity index (χ0v) is 11.3. The minimum atomic E-state index is 0. The number of aryl methyl sites for hydroxylation is 1. The summed E-state index contributed by atoms with van der Waals surface area (Å²) >= 11 is 0. The Kier molecular flexibility index (Phi) is 8.86. The number of aliphatic hydroxyl groups excluding tert-OH is 1. The molecule has 0 radical (unpaired) electrons. The summed E-state index contributed by atoms with van der Waals surface area (Å²) in [6, 6.07) is 8.19. The molecule has 98 valence electrons. The molecule has 1 aromatic rings. The van der Waals surface area contributed by atoms with Crippen molar-refractivity contribution in [3.63, 3.8) is 0 Å². The lowest BCUT2D eigenvalue weighted by Gasteiger charge is -2.14. The van der Waals surface area contributed by atoms with Gasteiger partial charge in [0, 0.05) is 12.6 Å². The highest BCUT2D eigenvalue weighted by Gasteiger charge is 2.02. The number of rotatable bonds is 7. The first kappa shape index (κ1) is 16.2. The van der Waals surface area contributed by atoms with Crippen LogP contribution in [0.25, 0.3) is 0 Å². The average molecular weight is 260 g/mol. The summed E-state index contributed by atoms with van der Waals surface area (Å²) in [4.78, 5) is 0. The van der Waals surface area contributed by atoms with Crippen molar-refractivity contribution < 1.29 is 9.84 Å². The fourth-order valence-electron chi connectivity index (χ4n) is 1.40. The van der Waals surface area contributed by atoms with Gasteiger partial charge in [0.1, 0.15) is 12.4 Å². The molecular weight excluding hydrogens is 238 g/mol. The summed E-state index contributed by atoms with van der Waals surface area (Å²) in [5.41, 5.74) is 1.23. The van der Waals surface area contributed by atoms with Crippen LogP contribution < -0.4 is 10.1 Å². The average Bonchev–Trinajstić information content (AvgIpc) is 2.32. The van der Waals surface area contributed by atoms with Crippen molar-refractivity contribution in [3.05, 3.63) is 29.8 Å². The van der Waals surface area contributed by atoms with E-state index in [4.69, 9.17) is 9.84 Å². The highest BCUT2D eigenvalue weighted by atomic mass is 35.5. The maximum absolute atomic E-state index is 8.97. The number of aliphatic hydroxyl groups is 1. The van der Waals surface area contributed by atoms with Gasteiger partial charge in [-0.3, -0.25) is 0 Å². The van der Waals surface area contributed by atoms with E-state index in [9.17, 15) is 0 Å². The van der Waals surface area contributed by atoms with Crippen molar-refractivity contribution in [2.75, 3.05) is 19.8 Å². The molecule has 1 rings (SSSR count). The molecule has 17 heavy (non-hydrogen) atoms. The third kappa shape index (κ3) is 6.51. The van der Waals surface area contributed by atoms with Gasteiger partial charge in [0.25, 0.3) is 0 Å². The lowest BCUT2D eigenvalue weighted by atomic mass is 10.2. The Hall–Kier alpha value is -0.770. The molecule has 0 fully saturated rings. The number of hydrogen-bond acceptors (Lipinski definition) is 3. The quantitative estimate of drug-likeness (QED) is 0.738. The number of benzene rings is 1. The Morgan fingerprint density at radius 2 is 1.94 bits per heavy atom. The van der Waals surface area contributed by atoms with Gasteiger partial charge in [0.2, 0.25) is 0 Å². The fraction of sp³-hybridized carbons (Fsp3) is 0.538. The van der Waals surface area contributed by atoms with Crippen molar-refractivity contribution in [2.24, 2.45) is 0 Å². The third-order valence-electron chi connectivity index (χ3n) is 2.54. The summed E-state index contributed by atoms with van der Waals surface area (Å²) in [7, 11) is 0. The van der Waals surface area contributed by atoms with Crippen LogP contribution in [0.1, 0.15) is 18.9 Å². The molecule has 0 aliphatic heterocycles. The lowest BCUT2D eigenvalue weighted by Crippen LogP contribution is -2.34. The monoisotopic (exact) mass is 259 g/mol. The number of hydrogen-bond donors (Lipinski definition) is 2. The second-order valence-corrected chi connectivity index (χ2v) is 3.90. The second kappa shape index (κ2) is 9.28. The molecular formula is C13H22ClNO2.